The van der Waals surface area contributed by atoms with Crippen LogP contribution in [0.25, 0.3) is 11.0 Å². The highest BCUT2D eigenvalue weighted by Crippen LogP contribution is 2.34. The molecule has 0 aliphatic carbocycles. The molecule has 1 fully saturated rings. The van der Waals surface area contributed by atoms with Gasteiger partial charge in [-0.25, -0.2) is 15.2 Å². The zero-order valence-electron chi connectivity index (χ0n) is 23.0. The summed E-state index contributed by atoms with van der Waals surface area (Å²) in [5.74, 6) is 0.797. The number of hydrogen-bond donors (Lipinski definition) is 5. The van der Waals surface area contributed by atoms with Gasteiger partial charge < -0.3 is 30.8 Å². The molecule has 1 atom stereocenters. The molecule has 9 heteroatoms. The third-order valence-corrected chi connectivity index (χ3v) is 7.90. The minimum Gasteiger partial charge on any atom is -0.369 e. The number of nitrogens with one attached hydrogen (secondary N) is 5. The number of imidazole rings is 1. The number of benzene rings is 3. The lowest BCUT2D eigenvalue weighted by molar-refractivity contribution is 0.262. The fourth-order valence-electron chi connectivity index (χ4n) is 5.49. The van der Waals surface area contributed by atoms with Crippen LogP contribution in [0.4, 0.5) is 21.9 Å². The number of anilines is 3. The summed E-state index contributed by atoms with van der Waals surface area (Å²) in [4.78, 5) is 26.1. The molecule has 2 aliphatic rings. The van der Waals surface area contributed by atoms with Crippen molar-refractivity contribution in [1.29, 1.82) is 0 Å². The minimum atomic E-state index is -0.673. The first-order chi connectivity index (χ1) is 19.6. The molecular formula is C31H36N8O. The van der Waals surface area contributed by atoms with Crippen LogP contribution in [0.1, 0.15) is 30.8 Å². The average molecular weight is 537 g/mol. The maximum atomic E-state index is 12.6. The van der Waals surface area contributed by atoms with Gasteiger partial charge in [-0.15, -0.1) is 0 Å². The Hall–Kier alpha value is -4.34. The molecule has 0 bridgehead atoms. The Morgan fingerprint density at radius 1 is 0.950 bits per heavy atom. The lowest BCUT2D eigenvalue weighted by atomic mass is 9.90. The van der Waals surface area contributed by atoms with Crippen molar-refractivity contribution >= 4 is 34.1 Å². The van der Waals surface area contributed by atoms with Gasteiger partial charge in [0, 0.05) is 49.4 Å². The van der Waals surface area contributed by atoms with E-state index in [1.54, 1.807) is 0 Å². The normalized spacial score (nSPS) is 19.1. The first kappa shape index (κ1) is 25.9. The molecule has 1 saturated heterocycles. The predicted molar refractivity (Wildman–Crippen MR) is 162 cm³/mol. The number of urea groups is 1. The summed E-state index contributed by atoms with van der Waals surface area (Å²) in [6, 6.07) is 21.9. The van der Waals surface area contributed by atoms with E-state index >= 15 is 0 Å². The molecule has 6 rings (SSSR count). The molecule has 1 aromatic heterocycles. The number of aromatic amines is 1. The number of likely N-dealkylation sites (N-methyl/N-ethyl adjacent to an activating group) is 1. The summed E-state index contributed by atoms with van der Waals surface area (Å²) in [6.45, 7) is 9.64. The van der Waals surface area contributed by atoms with Crippen LogP contribution in [0.3, 0.4) is 0 Å². The average Bonchev–Trinajstić information content (AvgIpc) is 3.66. The van der Waals surface area contributed by atoms with Gasteiger partial charge in [0.15, 0.2) is 0 Å². The van der Waals surface area contributed by atoms with Crippen molar-refractivity contribution in [1.82, 2.24) is 25.7 Å². The van der Waals surface area contributed by atoms with E-state index in [1.165, 1.54) is 11.3 Å². The zero-order valence-corrected chi connectivity index (χ0v) is 23.0. The van der Waals surface area contributed by atoms with E-state index in [2.05, 4.69) is 74.4 Å². The van der Waals surface area contributed by atoms with Gasteiger partial charge >= 0.3 is 6.03 Å². The highest BCUT2D eigenvalue weighted by atomic mass is 16.2. The number of nitrogens with zero attached hydrogens (tertiary/aromatic N) is 3. The third-order valence-electron chi connectivity index (χ3n) is 7.90. The highest BCUT2D eigenvalue weighted by Gasteiger charge is 2.37. The smallest absolute Gasteiger partial charge is 0.323 e. The van der Waals surface area contributed by atoms with E-state index < -0.39 is 5.54 Å². The molecule has 0 saturated carbocycles. The van der Waals surface area contributed by atoms with Crippen molar-refractivity contribution in [3.8, 4) is 0 Å². The van der Waals surface area contributed by atoms with Crippen LogP contribution in [0.15, 0.2) is 79.0 Å². The van der Waals surface area contributed by atoms with E-state index in [1.807, 2.05) is 54.7 Å². The van der Waals surface area contributed by atoms with Crippen molar-refractivity contribution in [3.05, 3.63) is 96.0 Å². The maximum Gasteiger partial charge on any atom is 0.323 e. The lowest BCUT2D eigenvalue weighted by Gasteiger charge is -2.35. The summed E-state index contributed by atoms with van der Waals surface area (Å²) in [5.41, 5.74) is 12.6. The molecule has 1 unspecified atom stereocenters. The van der Waals surface area contributed by atoms with Gasteiger partial charge in [-0.2, -0.15) is 0 Å². The van der Waals surface area contributed by atoms with Crippen molar-refractivity contribution in [2.24, 2.45) is 0 Å². The Morgan fingerprint density at radius 2 is 1.75 bits per heavy atom. The highest BCUT2D eigenvalue weighted by molar-refractivity contribution is 5.99. The van der Waals surface area contributed by atoms with Gasteiger partial charge in [0.05, 0.1) is 11.0 Å². The van der Waals surface area contributed by atoms with Gasteiger partial charge in [-0.3, -0.25) is 0 Å². The molecule has 3 aromatic carbocycles. The molecular weight excluding hydrogens is 500 g/mol. The fourth-order valence-corrected chi connectivity index (χ4v) is 5.49. The number of carbonyl (C=O) groups is 1. The van der Waals surface area contributed by atoms with Crippen LogP contribution >= 0.6 is 0 Å². The van der Waals surface area contributed by atoms with E-state index in [0.717, 1.165) is 67.3 Å². The lowest BCUT2D eigenvalue weighted by Crippen LogP contribution is -2.46. The SMILES string of the molecule is CCc1cccc(NC(=O)Nc2ccc(C3(c4nc5cc(N6CCN(CC)CC6)ccc5[nH]4)C=CNN3)cc2)c1. The van der Waals surface area contributed by atoms with Gasteiger partial charge in [-0.05, 0) is 72.6 Å². The molecule has 40 heavy (non-hydrogen) atoms. The number of fused-ring (bicyclic) bond motifs is 1. The minimum absolute atomic E-state index is 0.277. The van der Waals surface area contributed by atoms with Crippen LogP contribution < -0.4 is 26.4 Å². The largest absolute Gasteiger partial charge is 0.369 e. The van der Waals surface area contributed by atoms with Gasteiger partial charge in [-0.1, -0.05) is 38.1 Å². The van der Waals surface area contributed by atoms with Crippen molar-refractivity contribution in [2.45, 2.75) is 25.8 Å². The molecule has 2 amide bonds. The number of hydrogen-bond acceptors (Lipinski definition) is 6. The van der Waals surface area contributed by atoms with E-state index in [0.29, 0.717) is 5.69 Å². The number of H-pyrrole nitrogens is 1. The Balaban J connectivity index is 1.20. The Morgan fingerprint density at radius 3 is 2.48 bits per heavy atom. The Labute approximate surface area is 234 Å². The summed E-state index contributed by atoms with van der Waals surface area (Å²) in [7, 11) is 0. The fraction of sp³-hybridized carbons (Fsp3) is 0.290. The van der Waals surface area contributed by atoms with E-state index in [9.17, 15) is 4.79 Å². The maximum absolute atomic E-state index is 12.6. The Bertz CT molecular complexity index is 1520. The van der Waals surface area contributed by atoms with Crippen molar-refractivity contribution in [3.63, 3.8) is 0 Å². The van der Waals surface area contributed by atoms with Gasteiger partial charge in [0.25, 0.3) is 0 Å². The van der Waals surface area contributed by atoms with Crippen LogP contribution in [0.2, 0.25) is 0 Å². The number of aromatic nitrogens is 2. The second-order valence-corrected chi connectivity index (χ2v) is 10.3. The summed E-state index contributed by atoms with van der Waals surface area (Å²) >= 11 is 0. The van der Waals surface area contributed by atoms with Gasteiger partial charge in [0.2, 0.25) is 0 Å². The van der Waals surface area contributed by atoms with Gasteiger partial charge in [0.1, 0.15) is 11.4 Å². The molecule has 3 heterocycles. The standard InChI is InChI=1S/C31H36N8O/c1-3-22-6-5-7-25(20-22)34-30(40)33-24-10-8-23(9-11-24)31(14-15-32-37-31)29-35-27-13-12-26(21-28(27)36-29)39-18-16-38(4-2)17-19-39/h5-15,20-21,32,37H,3-4,16-19H2,1-2H3,(H,35,36)(H2,33,34,40). The van der Waals surface area contributed by atoms with Crippen LogP contribution in [-0.4, -0.2) is 53.6 Å². The third kappa shape index (κ3) is 5.13. The summed E-state index contributed by atoms with van der Waals surface area (Å²) in [6.07, 6.45) is 4.86. The number of rotatable bonds is 7. The quantitative estimate of drug-likeness (QED) is 0.233. The summed E-state index contributed by atoms with van der Waals surface area (Å²) < 4.78 is 0. The number of hydrazine groups is 1. The van der Waals surface area contributed by atoms with Crippen molar-refractivity contribution in [2.75, 3.05) is 48.3 Å². The number of aryl methyl sites for hydroxylation is 1. The molecule has 5 N–H and O–H groups in total. The van der Waals surface area contributed by atoms with E-state index in [-0.39, 0.29) is 6.03 Å². The van der Waals surface area contributed by atoms with Crippen LogP contribution in [0.5, 0.6) is 0 Å². The number of amides is 2. The molecule has 4 aromatic rings. The first-order valence-electron chi connectivity index (χ1n) is 14.0. The second-order valence-electron chi connectivity index (χ2n) is 10.3. The summed E-state index contributed by atoms with van der Waals surface area (Å²) in [5, 5.41) is 5.84. The predicted octanol–water partition coefficient (Wildman–Crippen LogP) is 4.78. The topological polar surface area (TPSA) is 100 Å². The van der Waals surface area contributed by atoms with Crippen LogP contribution in [0, 0.1) is 0 Å². The Kier molecular flexibility index (Phi) is 7.15. The number of piperazine rings is 1. The molecule has 206 valence electrons. The van der Waals surface area contributed by atoms with Crippen molar-refractivity contribution < 1.29 is 4.79 Å². The number of carbonyl (C=O) groups excluding carboxylic acids is 1. The molecule has 0 radical (unpaired) electrons. The zero-order chi connectivity index (χ0) is 27.5. The monoisotopic (exact) mass is 536 g/mol. The van der Waals surface area contributed by atoms with E-state index in [4.69, 9.17) is 4.98 Å². The molecule has 9 nitrogen and oxygen atoms in total. The molecule has 2 aliphatic heterocycles. The second kappa shape index (κ2) is 11.0. The first-order valence-corrected chi connectivity index (χ1v) is 14.0. The molecule has 0 spiro atoms. The van der Waals surface area contributed by atoms with Crippen LogP contribution in [-0.2, 0) is 12.0 Å².